The molecule has 1 heterocycles. The highest BCUT2D eigenvalue weighted by Crippen LogP contribution is 2.21. The van der Waals surface area contributed by atoms with E-state index in [1.165, 1.54) is 42.6 Å². The van der Waals surface area contributed by atoms with Crippen LogP contribution in [0.4, 0.5) is 0 Å². The van der Waals surface area contributed by atoms with Gasteiger partial charge >= 0.3 is 0 Å². The molecule has 2 nitrogen and oxygen atoms in total. The van der Waals surface area contributed by atoms with Gasteiger partial charge in [-0.25, -0.2) is 0 Å². The summed E-state index contributed by atoms with van der Waals surface area (Å²) in [5.74, 6) is 0. The summed E-state index contributed by atoms with van der Waals surface area (Å²) in [4.78, 5) is 3.43. The Hall–Kier alpha value is -1.02. The molecular formula is C11H16N2. The second-order valence-corrected chi connectivity index (χ2v) is 3.57. The summed E-state index contributed by atoms with van der Waals surface area (Å²) in [6.07, 6.45) is 9.17. The SMILES string of the molecule is NC/C=C/c1cc2c([nH]1)CCCC2. The summed E-state index contributed by atoms with van der Waals surface area (Å²) in [5, 5.41) is 0. The molecule has 1 aliphatic carbocycles. The normalized spacial score (nSPS) is 16.4. The van der Waals surface area contributed by atoms with Crippen molar-refractivity contribution in [2.45, 2.75) is 25.7 Å². The second kappa shape index (κ2) is 3.79. The number of hydrogen-bond donors (Lipinski definition) is 2. The second-order valence-electron chi connectivity index (χ2n) is 3.57. The number of hydrogen-bond acceptors (Lipinski definition) is 1. The molecule has 0 amide bonds. The number of nitrogens with two attached hydrogens (primary N) is 1. The average Bonchev–Trinajstić information content (AvgIpc) is 2.57. The first kappa shape index (κ1) is 8.57. The van der Waals surface area contributed by atoms with Crippen molar-refractivity contribution in [2.75, 3.05) is 6.54 Å². The topological polar surface area (TPSA) is 41.8 Å². The van der Waals surface area contributed by atoms with E-state index in [1.807, 2.05) is 6.08 Å². The highest BCUT2D eigenvalue weighted by atomic mass is 14.7. The van der Waals surface area contributed by atoms with Crippen molar-refractivity contribution >= 4 is 6.08 Å². The molecule has 1 aromatic rings. The first-order valence-corrected chi connectivity index (χ1v) is 4.97. The largest absolute Gasteiger partial charge is 0.359 e. The number of aromatic nitrogens is 1. The van der Waals surface area contributed by atoms with Crippen LogP contribution in [0.2, 0.25) is 0 Å². The number of nitrogens with one attached hydrogen (secondary N) is 1. The smallest absolute Gasteiger partial charge is 0.0382 e. The zero-order chi connectivity index (χ0) is 9.10. The minimum atomic E-state index is 0.615. The van der Waals surface area contributed by atoms with Crippen LogP contribution in [-0.4, -0.2) is 11.5 Å². The van der Waals surface area contributed by atoms with Crippen LogP contribution in [0, 0.1) is 0 Å². The van der Waals surface area contributed by atoms with Crippen molar-refractivity contribution in [2.24, 2.45) is 5.73 Å². The molecule has 70 valence electrons. The highest BCUT2D eigenvalue weighted by molar-refractivity contribution is 5.48. The predicted octanol–water partition coefficient (Wildman–Crippen LogP) is 1.87. The first-order valence-electron chi connectivity index (χ1n) is 4.97. The van der Waals surface area contributed by atoms with E-state index in [1.54, 1.807) is 0 Å². The maximum absolute atomic E-state index is 5.40. The van der Waals surface area contributed by atoms with Gasteiger partial charge in [-0.15, -0.1) is 0 Å². The fourth-order valence-electron chi connectivity index (χ4n) is 1.91. The van der Waals surface area contributed by atoms with Crippen molar-refractivity contribution < 1.29 is 0 Å². The third-order valence-electron chi connectivity index (χ3n) is 2.57. The van der Waals surface area contributed by atoms with Gasteiger partial charge < -0.3 is 10.7 Å². The Morgan fingerprint density at radius 3 is 3.00 bits per heavy atom. The van der Waals surface area contributed by atoms with Gasteiger partial charge in [0, 0.05) is 17.9 Å². The fraction of sp³-hybridized carbons (Fsp3) is 0.455. The van der Waals surface area contributed by atoms with Crippen molar-refractivity contribution in [3.63, 3.8) is 0 Å². The maximum Gasteiger partial charge on any atom is 0.0382 e. The number of H-pyrrole nitrogens is 1. The standard InChI is InChI=1S/C11H16N2/c12-7-3-5-10-8-9-4-1-2-6-11(9)13-10/h3,5,8,13H,1-2,4,6-7,12H2/b5-3+. The summed E-state index contributed by atoms with van der Waals surface area (Å²) >= 11 is 0. The Morgan fingerprint density at radius 2 is 2.23 bits per heavy atom. The number of aromatic amines is 1. The minimum Gasteiger partial charge on any atom is -0.359 e. The molecule has 0 saturated heterocycles. The molecule has 1 aliphatic rings. The molecule has 0 spiro atoms. The summed E-state index contributed by atoms with van der Waals surface area (Å²) < 4.78 is 0. The van der Waals surface area contributed by atoms with E-state index < -0.39 is 0 Å². The van der Waals surface area contributed by atoms with Gasteiger partial charge in [0.05, 0.1) is 0 Å². The molecule has 13 heavy (non-hydrogen) atoms. The molecular weight excluding hydrogens is 160 g/mol. The van der Waals surface area contributed by atoms with Crippen LogP contribution >= 0.6 is 0 Å². The Labute approximate surface area is 78.8 Å². The van der Waals surface area contributed by atoms with Gasteiger partial charge in [0.2, 0.25) is 0 Å². The van der Waals surface area contributed by atoms with E-state index in [2.05, 4.69) is 17.1 Å². The molecule has 0 saturated carbocycles. The maximum atomic E-state index is 5.40. The van der Waals surface area contributed by atoms with E-state index in [-0.39, 0.29) is 0 Å². The van der Waals surface area contributed by atoms with Crippen LogP contribution in [0.5, 0.6) is 0 Å². The lowest BCUT2D eigenvalue weighted by Crippen LogP contribution is -1.99. The lowest BCUT2D eigenvalue weighted by atomic mass is 9.98. The highest BCUT2D eigenvalue weighted by Gasteiger charge is 2.10. The molecule has 0 aliphatic heterocycles. The van der Waals surface area contributed by atoms with E-state index in [0.717, 1.165) is 0 Å². The molecule has 0 atom stereocenters. The summed E-state index contributed by atoms with van der Waals surface area (Å²) in [6, 6.07) is 2.25. The van der Waals surface area contributed by atoms with Crippen molar-refractivity contribution in [1.82, 2.24) is 4.98 Å². The zero-order valence-corrected chi connectivity index (χ0v) is 7.84. The molecule has 0 bridgehead atoms. The molecule has 1 aromatic heterocycles. The van der Waals surface area contributed by atoms with E-state index in [4.69, 9.17) is 5.73 Å². The molecule has 3 N–H and O–H groups in total. The van der Waals surface area contributed by atoms with Crippen LogP contribution in [0.1, 0.15) is 29.8 Å². The van der Waals surface area contributed by atoms with Gasteiger partial charge in [-0.3, -0.25) is 0 Å². The monoisotopic (exact) mass is 176 g/mol. The summed E-state index contributed by atoms with van der Waals surface area (Å²) in [7, 11) is 0. The van der Waals surface area contributed by atoms with Crippen molar-refractivity contribution in [3.8, 4) is 0 Å². The quantitative estimate of drug-likeness (QED) is 0.709. The van der Waals surface area contributed by atoms with Crippen molar-refractivity contribution in [3.05, 3.63) is 29.1 Å². The van der Waals surface area contributed by atoms with E-state index >= 15 is 0 Å². The summed E-state index contributed by atoms with van der Waals surface area (Å²) in [6.45, 7) is 0.615. The predicted molar refractivity (Wildman–Crippen MR) is 55.5 cm³/mol. The van der Waals surface area contributed by atoms with Crippen LogP contribution < -0.4 is 5.73 Å². The third kappa shape index (κ3) is 1.83. The summed E-state index contributed by atoms with van der Waals surface area (Å²) in [5.41, 5.74) is 9.54. The van der Waals surface area contributed by atoms with Crippen LogP contribution in [0.3, 0.4) is 0 Å². The zero-order valence-electron chi connectivity index (χ0n) is 7.84. The van der Waals surface area contributed by atoms with E-state index in [0.29, 0.717) is 6.54 Å². The lowest BCUT2D eigenvalue weighted by Gasteiger charge is -2.08. The number of rotatable bonds is 2. The molecule has 2 rings (SSSR count). The molecule has 2 heteroatoms. The van der Waals surface area contributed by atoms with Crippen LogP contribution in [-0.2, 0) is 12.8 Å². The molecule has 0 unspecified atom stereocenters. The van der Waals surface area contributed by atoms with Gasteiger partial charge in [0.15, 0.2) is 0 Å². The number of fused-ring (bicyclic) bond motifs is 1. The van der Waals surface area contributed by atoms with Crippen LogP contribution in [0.15, 0.2) is 12.1 Å². The van der Waals surface area contributed by atoms with Gasteiger partial charge in [-0.05, 0) is 43.4 Å². The minimum absolute atomic E-state index is 0.615. The Bertz CT molecular complexity index is 286. The van der Waals surface area contributed by atoms with Crippen molar-refractivity contribution in [1.29, 1.82) is 0 Å². The molecule has 0 aromatic carbocycles. The van der Waals surface area contributed by atoms with Gasteiger partial charge in [0.25, 0.3) is 0 Å². The van der Waals surface area contributed by atoms with Gasteiger partial charge in [0.1, 0.15) is 0 Å². The number of aryl methyl sites for hydroxylation is 2. The van der Waals surface area contributed by atoms with Crippen LogP contribution in [0.25, 0.3) is 6.08 Å². The van der Waals surface area contributed by atoms with Gasteiger partial charge in [-0.2, -0.15) is 0 Å². The van der Waals surface area contributed by atoms with Gasteiger partial charge in [-0.1, -0.05) is 6.08 Å². The Morgan fingerprint density at radius 1 is 1.38 bits per heavy atom. The molecule has 0 fully saturated rings. The lowest BCUT2D eigenvalue weighted by molar-refractivity contribution is 0.677. The fourth-order valence-corrected chi connectivity index (χ4v) is 1.91. The first-order chi connectivity index (χ1) is 6.40. The average molecular weight is 176 g/mol. The Kier molecular flexibility index (Phi) is 2.50. The Balaban J connectivity index is 2.20. The third-order valence-corrected chi connectivity index (χ3v) is 2.57. The molecule has 0 radical (unpaired) electrons. The van der Waals surface area contributed by atoms with E-state index in [9.17, 15) is 0 Å².